The monoisotopic (exact) mass is 551 g/mol. The third-order valence-corrected chi connectivity index (χ3v) is 6.64. The second-order valence-corrected chi connectivity index (χ2v) is 9.22. The molecule has 0 saturated heterocycles. The number of ether oxygens (including phenoxy) is 4. The summed E-state index contributed by atoms with van der Waals surface area (Å²) >= 11 is 0. The van der Waals surface area contributed by atoms with Crippen LogP contribution in [0.1, 0.15) is 19.3 Å². The van der Waals surface area contributed by atoms with Crippen molar-refractivity contribution in [2.24, 2.45) is 13.0 Å². The zero-order valence-electron chi connectivity index (χ0n) is 22.0. The van der Waals surface area contributed by atoms with Crippen molar-refractivity contribution >= 4 is 22.7 Å². The van der Waals surface area contributed by atoms with Crippen LogP contribution in [0.5, 0.6) is 28.9 Å². The van der Waals surface area contributed by atoms with Gasteiger partial charge in [-0.25, -0.2) is 18.7 Å². The summed E-state index contributed by atoms with van der Waals surface area (Å²) in [5.74, 6) is 0.0340. The Morgan fingerprint density at radius 1 is 1.05 bits per heavy atom. The van der Waals surface area contributed by atoms with Gasteiger partial charge in [-0.3, -0.25) is 19.7 Å². The summed E-state index contributed by atoms with van der Waals surface area (Å²) in [5.41, 5.74) is -0.809. The highest BCUT2D eigenvalue weighted by molar-refractivity contribution is 5.88. The predicted molar refractivity (Wildman–Crippen MR) is 142 cm³/mol. The summed E-state index contributed by atoms with van der Waals surface area (Å²) in [6.45, 7) is 0.228. The van der Waals surface area contributed by atoms with E-state index in [-0.39, 0.29) is 23.9 Å². The summed E-state index contributed by atoms with van der Waals surface area (Å²) in [7, 11) is 4.36. The van der Waals surface area contributed by atoms with E-state index in [1.54, 1.807) is 18.2 Å². The van der Waals surface area contributed by atoms with E-state index in [0.717, 1.165) is 34.6 Å². The zero-order chi connectivity index (χ0) is 28.4. The Morgan fingerprint density at radius 2 is 1.80 bits per heavy atom. The molecule has 13 heteroatoms. The molecule has 1 fully saturated rings. The number of benzene rings is 2. The fourth-order valence-corrected chi connectivity index (χ4v) is 4.30. The van der Waals surface area contributed by atoms with E-state index in [4.69, 9.17) is 18.9 Å². The fraction of sp³-hybridized carbons (Fsp3) is 0.296. The van der Waals surface area contributed by atoms with Crippen LogP contribution in [0.4, 0.5) is 14.9 Å². The lowest BCUT2D eigenvalue weighted by Gasteiger charge is -2.25. The van der Waals surface area contributed by atoms with Crippen LogP contribution in [0.2, 0.25) is 0 Å². The van der Waals surface area contributed by atoms with E-state index in [2.05, 4.69) is 15.4 Å². The standard InChI is InChI=1S/C27H26FN5O7/c1-32-27(36)33(14-15-5-4-6-15)25(34)24(31-32)40-26(35)30-16-7-8-21(18(28)11-16)39-20-9-10-29-19-13-23(38-3)22(37-2)12-17(19)20/h7-13,15H,4-6,14H2,1-3H3,(H,30,35). The fourth-order valence-electron chi connectivity index (χ4n) is 4.30. The zero-order valence-corrected chi connectivity index (χ0v) is 22.0. The van der Waals surface area contributed by atoms with E-state index in [1.165, 1.54) is 39.6 Å². The number of carbonyl (C=O) groups is 1. The molecule has 2 heterocycles. The Bertz CT molecular complexity index is 1710. The van der Waals surface area contributed by atoms with E-state index in [1.807, 2.05) is 0 Å². The van der Waals surface area contributed by atoms with Crippen LogP contribution in [0.3, 0.4) is 0 Å². The van der Waals surface area contributed by atoms with Crippen LogP contribution in [0, 0.1) is 11.7 Å². The van der Waals surface area contributed by atoms with E-state index < -0.39 is 29.0 Å². The van der Waals surface area contributed by atoms with Crippen molar-refractivity contribution in [1.29, 1.82) is 0 Å². The number of aryl methyl sites for hydroxylation is 1. The van der Waals surface area contributed by atoms with Gasteiger partial charge in [0.25, 0.3) is 0 Å². The van der Waals surface area contributed by atoms with Crippen molar-refractivity contribution in [3.63, 3.8) is 0 Å². The number of rotatable bonds is 8. The van der Waals surface area contributed by atoms with Gasteiger partial charge < -0.3 is 18.9 Å². The molecule has 12 nitrogen and oxygen atoms in total. The highest BCUT2D eigenvalue weighted by Crippen LogP contribution is 2.37. The molecule has 5 rings (SSSR count). The number of halogens is 1. The van der Waals surface area contributed by atoms with Gasteiger partial charge in [-0.15, -0.1) is 5.10 Å². The quantitative estimate of drug-likeness (QED) is 0.346. The summed E-state index contributed by atoms with van der Waals surface area (Å²) in [4.78, 5) is 41.9. The molecule has 1 saturated carbocycles. The minimum Gasteiger partial charge on any atom is -0.493 e. The van der Waals surface area contributed by atoms with Crippen LogP contribution in [0.25, 0.3) is 10.9 Å². The van der Waals surface area contributed by atoms with Crippen LogP contribution in [-0.2, 0) is 13.6 Å². The molecule has 0 radical (unpaired) electrons. The summed E-state index contributed by atoms with van der Waals surface area (Å²) < 4.78 is 38.4. The number of methoxy groups -OCH3 is 2. The number of carbonyl (C=O) groups excluding carboxylic acids is 1. The maximum Gasteiger partial charge on any atom is 0.418 e. The lowest BCUT2D eigenvalue weighted by Crippen LogP contribution is -2.43. The smallest absolute Gasteiger partial charge is 0.418 e. The summed E-state index contributed by atoms with van der Waals surface area (Å²) in [5, 5.41) is 6.68. The Hall–Kier alpha value is -4.94. The molecule has 1 amide bonds. The number of nitrogens with one attached hydrogen (secondary N) is 1. The minimum absolute atomic E-state index is 0.0421. The highest BCUT2D eigenvalue weighted by atomic mass is 19.1. The Balaban J connectivity index is 1.32. The molecule has 1 aliphatic rings. The minimum atomic E-state index is -1.08. The third kappa shape index (κ3) is 5.30. The molecule has 0 atom stereocenters. The van der Waals surface area contributed by atoms with Crippen LogP contribution in [-0.4, -0.2) is 39.6 Å². The molecule has 40 heavy (non-hydrogen) atoms. The number of hydrogen-bond acceptors (Lipinski definition) is 9. The summed E-state index contributed by atoms with van der Waals surface area (Å²) in [6.07, 6.45) is 3.31. The number of anilines is 1. The Morgan fingerprint density at radius 3 is 2.48 bits per heavy atom. The second-order valence-electron chi connectivity index (χ2n) is 9.22. The van der Waals surface area contributed by atoms with Gasteiger partial charge in [0.2, 0.25) is 0 Å². The van der Waals surface area contributed by atoms with Crippen molar-refractivity contribution in [2.45, 2.75) is 25.8 Å². The van der Waals surface area contributed by atoms with Crippen molar-refractivity contribution in [3.05, 3.63) is 69.3 Å². The first kappa shape index (κ1) is 26.7. The maximum absolute atomic E-state index is 15.0. The van der Waals surface area contributed by atoms with E-state index in [0.29, 0.717) is 28.2 Å². The van der Waals surface area contributed by atoms with Gasteiger partial charge in [0.15, 0.2) is 23.1 Å². The Labute approximate surface area is 226 Å². The SMILES string of the molecule is COc1cc2nccc(Oc3ccc(NC(=O)Oc4nn(C)c(=O)n(CC5CCC5)c4=O)cc3F)c2cc1OC. The molecule has 208 valence electrons. The van der Waals surface area contributed by atoms with Gasteiger partial charge in [0.05, 0.1) is 19.7 Å². The van der Waals surface area contributed by atoms with Crippen molar-refractivity contribution < 1.29 is 28.1 Å². The van der Waals surface area contributed by atoms with Crippen molar-refractivity contribution in [2.75, 3.05) is 19.5 Å². The Kier molecular flexibility index (Phi) is 7.36. The molecule has 0 aliphatic heterocycles. The van der Waals surface area contributed by atoms with Crippen LogP contribution < -0.4 is 35.5 Å². The van der Waals surface area contributed by atoms with Crippen molar-refractivity contribution in [3.8, 4) is 28.9 Å². The number of amides is 1. The van der Waals surface area contributed by atoms with Gasteiger partial charge in [-0.05, 0) is 43.0 Å². The average Bonchev–Trinajstić information content (AvgIpc) is 2.91. The van der Waals surface area contributed by atoms with Gasteiger partial charge in [0.1, 0.15) is 5.75 Å². The molecule has 0 spiro atoms. The van der Waals surface area contributed by atoms with Gasteiger partial charge in [0, 0.05) is 43.0 Å². The highest BCUT2D eigenvalue weighted by Gasteiger charge is 2.23. The average molecular weight is 552 g/mol. The molecular weight excluding hydrogens is 525 g/mol. The first-order valence-electron chi connectivity index (χ1n) is 12.4. The van der Waals surface area contributed by atoms with Crippen LogP contribution >= 0.6 is 0 Å². The van der Waals surface area contributed by atoms with Gasteiger partial charge in [-0.2, -0.15) is 0 Å². The maximum atomic E-state index is 15.0. The predicted octanol–water partition coefficient (Wildman–Crippen LogP) is 3.85. The molecular formula is C27H26FN5O7. The van der Waals surface area contributed by atoms with Crippen molar-refractivity contribution in [1.82, 2.24) is 19.3 Å². The lowest BCUT2D eigenvalue weighted by atomic mass is 9.85. The second kappa shape index (κ2) is 11.0. The largest absolute Gasteiger partial charge is 0.493 e. The molecule has 0 unspecified atom stereocenters. The molecule has 2 aromatic heterocycles. The number of fused-ring (bicyclic) bond motifs is 1. The molecule has 4 aromatic rings. The topological polar surface area (TPSA) is 136 Å². The van der Waals surface area contributed by atoms with E-state index in [9.17, 15) is 18.8 Å². The van der Waals surface area contributed by atoms with E-state index >= 15 is 0 Å². The normalized spacial score (nSPS) is 13.0. The summed E-state index contributed by atoms with van der Waals surface area (Å²) in [6, 6.07) is 8.69. The first-order chi connectivity index (χ1) is 19.3. The molecule has 1 aliphatic carbocycles. The van der Waals surface area contributed by atoms with Gasteiger partial charge >= 0.3 is 23.2 Å². The first-order valence-corrected chi connectivity index (χ1v) is 12.4. The molecule has 2 aromatic carbocycles. The third-order valence-electron chi connectivity index (χ3n) is 6.64. The molecule has 0 bridgehead atoms. The van der Waals surface area contributed by atoms with Gasteiger partial charge in [-0.1, -0.05) is 6.42 Å². The lowest BCUT2D eigenvalue weighted by molar-refractivity contribution is 0.209. The number of pyridine rings is 1. The number of nitrogens with zero attached hydrogens (tertiary/aromatic N) is 4. The number of aromatic nitrogens is 4. The number of hydrogen-bond donors (Lipinski definition) is 1. The molecule has 1 N–H and O–H groups in total. The van der Waals surface area contributed by atoms with Crippen LogP contribution in [0.15, 0.2) is 52.2 Å².